The minimum Gasteiger partial charge on any atom is -0.872 e. The highest BCUT2D eigenvalue weighted by atomic mass is 16.5. The number of quaternary nitrogens is 1. The van der Waals surface area contributed by atoms with Crippen LogP contribution < -0.4 is 9.59 Å². The fourth-order valence-electron chi connectivity index (χ4n) is 5.79. The maximum Gasteiger partial charge on any atom is 0.196 e. The quantitative estimate of drug-likeness (QED) is 0.105. The van der Waals surface area contributed by atoms with Gasteiger partial charge in [-0.3, -0.25) is 0 Å². The van der Waals surface area contributed by atoms with E-state index in [2.05, 4.69) is 79.7 Å². The van der Waals surface area contributed by atoms with E-state index in [0.29, 0.717) is 11.2 Å². The predicted octanol–water partition coefficient (Wildman–Crippen LogP) is 8.79. The van der Waals surface area contributed by atoms with Crippen LogP contribution in [0.3, 0.4) is 0 Å². The molecule has 2 N–H and O–H groups in total. The van der Waals surface area contributed by atoms with Crippen LogP contribution in [0.4, 0.5) is 17.1 Å². The van der Waals surface area contributed by atoms with Crippen LogP contribution in [0.25, 0.3) is 0 Å². The van der Waals surface area contributed by atoms with Gasteiger partial charge in [0.25, 0.3) is 0 Å². The number of phenolic OH excluding ortho intramolecular Hbond substituents is 2. The molecule has 0 saturated carbocycles. The molecular weight excluding hydrogens is 558 g/mol. The predicted molar refractivity (Wildman–Crippen MR) is 180 cm³/mol. The van der Waals surface area contributed by atoms with Gasteiger partial charge in [0, 0.05) is 48.9 Å². The molecule has 5 heteroatoms. The summed E-state index contributed by atoms with van der Waals surface area (Å²) in [5, 5.41) is 30.6. The van der Waals surface area contributed by atoms with Gasteiger partial charge in [0.15, 0.2) is 6.73 Å². The summed E-state index contributed by atoms with van der Waals surface area (Å²) in [6.07, 6.45) is 0. The monoisotopic (exact) mass is 595 g/mol. The number of hydrogen-bond acceptors (Lipinski definition) is 4. The van der Waals surface area contributed by atoms with Crippen LogP contribution in [-0.2, 0) is 10.2 Å². The third-order valence-electron chi connectivity index (χ3n) is 8.23. The van der Waals surface area contributed by atoms with Crippen molar-refractivity contribution in [2.45, 2.75) is 12.3 Å². The molecule has 0 saturated heterocycles. The Morgan fingerprint density at radius 2 is 0.822 bits per heavy atom. The van der Waals surface area contributed by atoms with E-state index in [1.54, 1.807) is 43.5 Å². The fourth-order valence-corrected chi connectivity index (χ4v) is 5.79. The SMILES string of the molecule is CC(c1ccc([O-])cc1)(c1ccc(O)cc1)c1ccc(O)cc1.COC[N+](c1ccccc1)(c1ccccc1)c1ccccc1. The number of ether oxygens (including phenoxy) is 1. The van der Waals surface area contributed by atoms with E-state index < -0.39 is 5.41 Å². The van der Waals surface area contributed by atoms with Gasteiger partial charge >= 0.3 is 0 Å². The summed E-state index contributed by atoms with van der Waals surface area (Å²) < 4.78 is 6.18. The second kappa shape index (κ2) is 14.0. The molecule has 5 nitrogen and oxygen atoms in total. The lowest BCUT2D eigenvalue weighted by atomic mass is 9.71. The molecule has 0 amide bonds. The zero-order chi connectivity index (χ0) is 31.7. The van der Waals surface area contributed by atoms with E-state index in [1.165, 1.54) is 17.1 Å². The third-order valence-corrected chi connectivity index (χ3v) is 8.23. The number of para-hydroxylation sites is 3. The van der Waals surface area contributed by atoms with E-state index in [9.17, 15) is 15.3 Å². The summed E-state index contributed by atoms with van der Waals surface area (Å²) in [5.41, 5.74) is 5.98. The van der Waals surface area contributed by atoms with Gasteiger partial charge in [-0.1, -0.05) is 103 Å². The second-order valence-corrected chi connectivity index (χ2v) is 11.0. The highest BCUT2D eigenvalue weighted by molar-refractivity contribution is 5.70. The average Bonchev–Trinajstić information content (AvgIpc) is 3.09. The van der Waals surface area contributed by atoms with Crippen LogP contribution in [-0.4, -0.2) is 24.1 Å². The first-order valence-electron chi connectivity index (χ1n) is 14.8. The van der Waals surface area contributed by atoms with Crippen LogP contribution in [0.15, 0.2) is 164 Å². The highest BCUT2D eigenvalue weighted by Crippen LogP contribution is 2.43. The second-order valence-electron chi connectivity index (χ2n) is 11.0. The molecule has 0 aliphatic heterocycles. The molecular formula is C40H37NO4. The summed E-state index contributed by atoms with van der Waals surface area (Å²) >= 11 is 0. The summed E-state index contributed by atoms with van der Waals surface area (Å²) in [5.74, 6) is 0.376. The van der Waals surface area contributed by atoms with Crippen LogP contribution in [0.1, 0.15) is 23.6 Å². The van der Waals surface area contributed by atoms with E-state index in [-0.39, 0.29) is 17.2 Å². The number of hydrogen-bond donors (Lipinski definition) is 2. The fraction of sp³-hybridized carbons (Fsp3) is 0.100. The third kappa shape index (κ3) is 6.60. The molecule has 0 atom stereocenters. The van der Waals surface area contributed by atoms with E-state index in [1.807, 2.05) is 54.6 Å². The molecule has 0 aliphatic rings. The van der Waals surface area contributed by atoms with Gasteiger partial charge in [-0.05, 0) is 47.9 Å². The van der Waals surface area contributed by atoms with Gasteiger partial charge in [0.1, 0.15) is 28.6 Å². The molecule has 0 unspecified atom stereocenters. The Labute approximate surface area is 265 Å². The Morgan fingerprint density at radius 3 is 1.13 bits per heavy atom. The lowest BCUT2D eigenvalue weighted by Gasteiger charge is -2.36. The van der Waals surface area contributed by atoms with Crippen molar-refractivity contribution in [2.24, 2.45) is 0 Å². The largest absolute Gasteiger partial charge is 0.872 e. The molecule has 6 aromatic rings. The van der Waals surface area contributed by atoms with Crippen molar-refractivity contribution in [2.75, 3.05) is 13.8 Å². The first-order chi connectivity index (χ1) is 21.9. The van der Waals surface area contributed by atoms with E-state index in [0.717, 1.165) is 16.7 Å². The van der Waals surface area contributed by atoms with Gasteiger partial charge in [-0.2, -0.15) is 0 Å². The molecule has 0 radical (unpaired) electrons. The number of rotatable bonds is 8. The van der Waals surface area contributed by atoms with Gasteiger partial charge in [-0.15, -0.1) is 5.75 Å². The first-order valence-corrected chi connectivity index (χ1v) is 14.8. The summed E-state index contributed by atoms with van der Waals surface area (Å²) in [6.45, 7) is 2.60. The molecule has 0 aromatic heterocycles. The number of benzene rings is 6. The zero-order valence-electron chi connectivity index (χ0n) is 25.5. The summed E-state index contributed by atoms with van der Waals surface area (Å²) in [4.78, 5) is 0. The Morgan fingerprint density at radius 1 is 0.511 bits per heavy atom. The maximum atomic E-state index is 11.4. The first kappa shape index (κ1) is 31.1. The smallest absolute Gasteiger partial charge is 0.196 e. The molecule has 6 rings (SSSR count). The molecule has 226 valence electrons. The van der Waals surface area contributed by atoms with Gasteiger partial charge < -0.3 is 20.1 Å². The molecule has 0 spiro atoms. The lowest BCUT2D eigenvalue weighted by molar-refractivity contribution is -0.268. The highest BCUT2D eigenvalue weighted by Gasteiger charge is 2.36. The summed E-state index contributed by atoms with van der Waals surface area (Å²) in [7, 11) is 1.75. The molecule has 0 heterocycles. The van der Waals surface area contributed by atoms with Crippen LogP contribution in [0, 0.1) is 0 Å². The Hall–Kier alpha value is -5.36. The topological polar surface area (TPSA) is 72.8 Å². The number of phenols is 2. The van der Waals surface area contributed by atoms with Crippen LogP contribution in [0.2, 0.25) is 0 Å². The minimum atomic E-state index is -0.505. The van der Waals surface area contributed by atoms with E-state index in [4.69, 9.17) is 4.74 Å². The Bertz CT molecular complexity index is 1550. The summed E-state index contributed by atoms with van der Waals surface area (Å²) in [6, 6.07) is 52.3. The van der Waals surface area contributed by atoms with Gasteiger partial charge in [-0.25, -0.2) is 4.48 Å². The van der Waals surface area contributed by atoms with Crippen molar-refractivity contribution in [3.63, 3.8) is 0 Å². The van der Waals surface area contributed by atoms with Crippen molar-refractivity contribution >= 4 is 17.1 Å². The van der Waals surface area contributed by atoms with Crippen LogP contribution in [0.5, 0.6) is 17.2 Å². The molecule has 0 fully saturated rings. The minimum absolute atomic E-state index is 0.0347. The van der Waals surface area contributed by atoms with E-state index >= 15 is 0 Å². The van der Waals surface area contributed by atoms with Crippen molar-refractivity contribution < 1.29 is 20.1 Å². The van der Waals surface area contributed by atoms with Crippen molar-refractivity contribution in [1.82, 2.24) is 4.48 Å². The lowest BCUT2D eigenvalue weighted by Crippen LogP contribution is -2.40. The molecule has 0 bridgehead atoms. The molecule has 0 aliphatic carbocycles. The van der Waals surface area contributed by atoms with Crippen LogP contribution >= 0.6 is 0 Å². The van der Waals surface area contributed by atoms with Crippen molar-refractivity contribution in [3.8, 4) is 17.2 Å². The number of methoxy groups -OCH3 is 1. The van der Waals surface area contributed by atoms with Gasteiger partial charge in [0.2, 0.25) is 0 Å². The zero-order valence-corrected chi connectivity index (χ0v) is 25.5. The van der Waals surface area contributed by atoms with Gasteiger partial charge in [0.05, 0.1) is 0 Å². The maximum absolute atomic E-state index is 11.4. The molecule has 45 heavy (non-hydrogen) atoms. The Kier molecular flexibility index (Phi) is 9.64. The Balaban J connectivity index is 0.000000178. The number of aromatic hydroxyl groups is 2. The standard InChI is InChI=1S/C20H20NO.C20H18O3/c1-22-17-21(18-11-5-2-6-12-18,19-13-7-3-8-14-19)20-15-9-4-10-16-20;1-20(14-2-8-17(21)9-3-14,15-4-10-18(22)11-5-15)16-6-12-19(23)13-7-16/h2-16H,17H2,1H3;2-13,21-23H,1H3/q+1;/p-1. The molecule has 6 aromatic carbocycles. The van der Waals surface area contributed by atoms with Crippen molar-refractivity contribution in [3.05, 3.63) is 180 Å². The normalized spacial score (nSPS) is 11.3. The average molecular weight is 596 g/mol. The number of nitrogens with zero attached hydrogens (tertiary/aromatic N) is 1. The van der Waals surface area contributed by atoms with Crippen molar-refractivity contribution in [1.29, 1.82) is 0 Å².